The molecule has 2 aliphatic rings. The lowest BCUT2D eigenvalue weighted by Crippen LogP contribution is -2.55. The van der Waals surface area contributed by atoms with E-state index in [2.05, 4.69) is 5.32 Å². The number of carbonyl (C=O) groups excluding carboxylic acids is 3. The van der Waals surface area contributed by atoms with Crippen LogP contribution in [0.1, 0.15) is 37.1 Å². The number of piperazine rings is 1. The number of carbonyl (C=O) groups is 3. The van der Waals surface area contributed by atoms with E-state index >= 15 is 0 Å². The fraction of sp³-hybridized carbons (Fsp3) is 0.229. The molecule has 0 spiro atoms. The SMILES string of the molecule is O=C(c1cccc(Cl)c1)C1C(c2cccs2)C(C(=O)N2CCNCC2)N(C(=O)c2ccccc2)C1C=Cc1ccccc1. The Labute approximate surface area is 260 Å². The number of Topliss-reactive ketones (excluding diaryl/α,β-unsaturated/α-hetero) is 1. The molecule has 6 nitrogen and oxygen atoms in total. The third kappa shape index (κ3) is 6.07. The third-order valence-electron chi connectivity index (χ3n) is 8.22. The van der Waals surface area contributed by atoms with Crippen LogP contribution in [-0.4, -0.2) is 65.7 Å². The summed E-state index contributed by atoms with van der Waals surface area (Å²) in [7, 11) is 0. The van der Waals surface area contributed by atoms with Gasteiger partial charge < -0.3 is 15.1 Å². The van der Waals surface area contributed by atoms with Crippen molar-refractivity contribution in [1.29, 1.82) is 0 Å². The lowest BCUT2D eigenvalue weighted by atomic mass is 9.80. The van der Waals surface area contributed by atoms with Crippen LogP contribution in [0, 0.1) is 5.92 Å². The molecule has 4 atom stereocenters. The molecule has 2 aliphatic heterocycles. The Hall–Kier alpha value is -4.04. The van der Waals surface area contributed by atoms with E-state index in [-0.39, 0.29) is 17.6 Å². The maximum absolute atomic E-state index is 14.6. The van der Waals surface area contributed by atoms with Gasteiger partial charge in [-0.05, 0) is 41.3 Å². The summed E-state index contributed by atoms with van der Waals surface area (Å²) in [6.45, 7) is 2.43. The smallest absolute Gasteiger partial charge is 0.255 e. The zero-order valence-corrected chi connectivity index (χ0v) is 25.1. The number of thiophene rings is 1. The number of ketones is 1. The average Bonchev–Trinajstić information content (AvgIpc) is 3.70. The van der Waals surface area contributed by atoms with Gasteiger partial charge in [0.1, 0.15) is 6.04 Å². The van der Waals surface area contributed by atoms with Gasteiger partial charge in [0.05, 0.1) is 12.0 Å². The molecular formula is C35H32ClN3O3S. The first kappa shape index (κ1) is 29.1. The van der Waals surface area contributed by atoms with Crippen LogP contribution in [0.2, 0.25) is 5.02 Å². The normalized spacial score (nSPS) is 22.2. The predicted molar refractivity (Wildman–Crippen MR) is 171 cm³/mol. The number of halogens is 1. The van der Waals surface area contributed by atoms with Crippen molar-refractivity contribution in [2.24, 2.45) is 5.92 Å². The second kappa shape index (κ2) is 13.1. The maximum Gasteiger partial charge on any atom is 0.255 e. The molecule has 3 aromatic carbocycles. The maximum atomic E-state index is 14.6. The zero-order valence-electron chi connectivity index (χ0n) is 23.5. The number of likely N-dealkylation sites (tertiary alicyclic amines) is 1. The number of amides is 2. The minimum absolute atomic E-state index is 0.135. The highest BCUT2D eigenvalue weighted by molar-refractivity contribution is 7.10. The Balaban J connectivity index is 1.55. The molecule has 2 fully saturated rings. The van der Waals surface area contributed by atoms with Crippen molar-refractivity contribution in [2.75, 3.05) is 26.2 Å². The molecule has 0 saturated carbocycles. The van der Waals surface area contributed by atoms with E-state index in [9.17, 15) is 14.4 Å². The summed E-state index contributed by atoms with van der Waals surface area (Å²) in [5.41, 5.74) is 1.87. The molecular weight excluding hydrogens is 578 g/mol. The van der Waals surface area contributed by atoms with E-state index < -0.39 is 23.9 Å². The molecule has 4 unspecified atom stereocenters. The highest BCUT2D eigenvalue weighted by atomic mass is 35.5. The van der Waals surface area contributed by atoms with Crippen LogP contribution in [-0.2, 0) is 4.79 Å². The summed E-state index contributed by atoms with van der Waals surface area (Å²) in [6, 6.07) is 28.1. The van der Waals surface area contributed by atoms with Gasteiger partial charge in [-0.25, -0.2) is 0 Å². The molecule has 0 bridgehead atoms. The monoisotopic (exact) mass is 609 g/mol. The quantitative estimate of drug-likeness (QED) is 0.260. The Bertz CT molecular complexity index is 1600. The first-order valence-corrected chi connectivity index (χ1v) is 15.7. The van der Waals surface area contributed by atoms with Crippen molar-refractivity contribution >= 4 is 46.6 Å². The fourth-order valence-electron chi connectivity index (χ4n) is 6.23. The number of benzene rings is 3. The summed E-state index contributed by atoms with van der Waals surface area (Å²) >= 11 is 7.86. The van der Waals surface area contributed by atoms with Crippen LogP contribution in [0.5, 0.6) is 0 Å². The van der Waals surface area contributed by atoms with Crippen LogP contribution < -0.4 is 5.32 Å². The molecule has 4 aromatic rings. The van der Waals surface area contributed by atoms with Gasteiger partial charge >= 0.3 is 0 Å². The minimum Gasteiger partial charge on any atom is -0.338 e. The highest BCUT2D eigenvalue weighted by Crippen LogP contribution is 2.47. The van der Waals surface area contributed by atoms with E-state index in [4.69, 9.17) is 11.6 Å². The molecule has 0 radical (unpaired) electrons. The van der Waals surface area contributed by atoms with E-state index in [1.807, 2.05) is 83.1 Å². The Morgan fingerprint density at radius 3 is 2.21 bits per heavy atom. The van der Waals surface area contributed by atoms with E-state index in [1.54, 1.807) is 41.3 Å². The van der Waals surface area contributed by atoms with Crippen LogP contribution in [0.25, 0.3) is 6.08 Å². The van der Waals surface area contributed by atoms with E-state index in [0.717, 1.165) is 10.4 Å². The van der Waals surface area contributed by atoms with Gasteiger partial charge in [-0.3, -0.25) is 14.4 Å². The van der Waals surface area contributed by atoms with Crippen molar-refractivity contribution < 1.29 is 14.4 Å². The third-order valence-corrected chi connectivity index (χ3v) is 9.43. The molecule has 2 amide bonds. The second-order valence-electron chi connectivity index (χ2n) is 10.8. The van der Waals surface area contributed by atoms with Crippen LogP contribution in [0.4, 0.5) is 0 Å². The number of nitrogens with one attached hydrogen (secondary N) is 1. The van der Waals surface area contributed by atoms with Crippen LogP contribution in [0.3, 0.4) is 0 Å². The molecule has 1 N–H and O–H groups in total. The van der Waals surface area contributed by atoms with Gasteiger partial charge in [-0.1, -0.05) is 90.5 Å². The average molecular weight is 610 g/mol. The second-order valence-corrected chi connectivity index (χ2v) is 12.2. The van der Waals surface area contributed by atoms with Crippen molar-refractivity contribution in [3.63, 3.8) is 0 Å². The number of nitrogens with zero attached hydrogens (tertiary/aromatic N) is 2. The molecule has 218 valence electrons. The Morgan fingerprint density at radius 1 is 0.837 bits per heavy atom. The molecule has 43 heavy (non-hydrogen) atoms. The molecule has 3 heterocycles. The highest BCUT2D eigenvalue weighted by Gasteiger charge is 2.57. The molecule has 8 heteroatoms. The lowest BCUT2D eigenvalue weighted by Gasteiger charge is -2.35. The molecule has 2 saturated heterocycles. The van der Waals surface area contributed by atoms with Crippen LogP contribution in [0.15, 0.2) is 109 Å². The summed E-state index contributed by atoms with van der Waals surface area (Å²) in [6.07, 6.45) is 3.87. The molecule has 0 aliphatic carbocycles. The van der Waals surface area contributed by atoms with Crippen LogP contribution >= 0.6 is 22.9 Å². The topological polar surface area (TPSA) is 69.7 Å². The number of rotatable bonds is 7. The molecule has 1 aromatic heterocycles. The zero-order chi connectivity index (χ0) is 29.8. The minimum atomic E-state index is -0.872. The van der Waals surface area contributed by atoms with Crippen molar-refractivity contribution in [3.8, 4) is 0 Å². The van der Waals surface area contributed by atoms with Gasteiger partial charge in [-0.15, -0.1) is 11.3 Å². The fourth-order valence-corrected chi connectivity index (χ4v) is 7.32. The largest absolute Gasteiger partial charge is 0.338 e. The summed E-state index contributed by atoms with van der Waals surface area (Å²) in [5, 5.41) is 5.72. The Kier molecular flexibility index (Phi) is 8.84. The summed E-state index contributed by atoms with van der Waals surface area (Å²) in [4.78, 5) is 48.1. The summed E-state index contributed by atoms with van der Waals surface area (Å²) < 4.78 is 0. The molecule has 6 rings (SSSR count). The van der Waals surface area contributed by atoms with Gasteiger partial charge in [0, 0.05) is 53.1 Å². The van der Waals surface area contributed by atoms with Gasteiger partial charge in [0.25, 0.3) is 5.91 Å². The summed E-state index contributed by atoms with van der Waals surface area (Å²) in [5.74, 6) is -1.83. The van der Waals surface area contributed by atoms with Gasteiger partial charge in [-0.2, -0.15) is 0 Å². The van der Waals surface area contributed by atoms with Gasteiger partial charge in [0.15, 0.2) is 5.78 Å². The van der Waals surface area contributed by atoms with Crippen molar-refractivity contribution in [1.82, 2.24) is 15.1 Å². The number of hydrogen-bond donors (Lipinski definition) is 1. The van der Waals surface area contributed by atoms with Crippen molar-refractivity contribution in [3.05, 3.63) is 135 Å². The van der Waals surface area contributed by atoms with E-state index in [1.165, 1.54) is 11.3 Å². The van der Waals surface area contributed by atoms with Crippen molar-refractivity contribution in [2.45, 2.75) is 18.0 Å². The Morgan fingerprint density at radius 2 is 1.53 bits per heavy atom. The number of hydrogen-bond acceptors (Lipinski definition) is 5. The standard InChI is InChI=1S/C35H32ClN3O3S/c36-27-14-7-13-26(23-27)33(40)30-28(17-16-24-9-3-1-4-10-24)39(34(41)25-11-5-2-6-12-25)32(31(30)29-15-8-22-43-29)35(42)38-20-18-37-19-21-38/h1-17,22-23,28,30-32,37H,18-21H2. The first-order chi connectivity index (χ1) is 21.0. The predicted octanol–water partition coefficient (Wildman–Crippen LogP) is 6.02. The van der Waals surface area contributed by atoms with E-state index in [0.29, 0.717) is 42.3 Å². The lowest BCUT2D eigenvalue weighted by molar-refractivity contribution is -0.136. The first-order valence-electron chi connectivity index (χ1n) is 14.5. The van der Waals surface area contributed by atoms with Gasteiger partial charge in [0.2, 0.25) is 5.91 Å².